The maximum Gasteiger partial charge on any atom is 0.307 e. The molecule has 1 unspecified atom stereocenters. The first kappa shape index (κ1) is 16.9. The van der Waals surface area contributed by atoms with Crippen molar-refractivity contribution in [3.63, 3.8) is 0 Å². The Labute approximate surface area is 118 Å². The van der Waals surface area contributed by atoms with Gasteiger partial charge in [0.25, 0.3) is 10.2 Å². The summed E-state index contributed by atoms with van der Waals surface area (Å²) in [5, 5.41) is 8.94. The molecular formula is C11H21N3O5S. The minimum atomic E-state index is -3.72. The van der Waals surface area contributed by atoms with Gasteiger partial charge in [-0.15, -0.1) is 0 Å². The van der Waals surface area contributed by atoms with Crippen LogP contribution in [0.1, 0.15) is 19.3 Å². The topological polar surface area (TPSA) is 107 Å². The van der Waals surface area contributed by atoms with Crippen molar-refractivity contribution in [3.8, 4) is 0 Å². The third-order valence-electron chi connectivity index (χ3n) is 3.20. The molecule has 0 aromatic heterocycles. The predicted octanol–water partition coefficient (Wildman–Crippen LogP) is -0.904. The Balaban J connectivity index is 2.51. The largest absolute Gasteiger partial charge is 0.481 e. The minimum Gasteiger partial charge on any atom is -0.481 e. The highest BCUT2D eigenvalue weighted by Crippen LogP contribution is 2.18. The number of nitrogens with one attached hydrogen (secondary N) is 1. The van der Waals surface area contributed by atoms with Gasteiger partial charge in [-0.25, -0.2) is 4.72 Å². The maximum atomic E-state index is 12.0. The maximum absolute atomic E-state index is 12.0. The fourth-order valence-electron chi connectivity index (χ4n) is 1.96. The molecule has 0 aromatic carbocycles. The number of hydrogen-bond acceptors (Lipinski definition) is 4. The van der Waals surface area contributed by atoms with Gasteiger partial charge in [-0.05, 0) is 12.8 Å². The fraction of sp³-hybridized carbons (Fsp3) is 0.818. The Morgan fingerprint density at radius 3 is 2.60 bits per heavy atom. The zero-order valence-electron chi connectivity index (χ0n) is 11.7. The summed E-state index contributed by atoms with van der Waals surface area (Å²) in [5.41, 5.74) is 0. The van der Waals surface area contributed by atoms with Crippen LogP contribution >= 0.6 is 0 Å². The van der Waals surface area contributed by atoms with E-state index in [1.165, 1.54) is 4.90 Å². The molecule has 116 valence electrons. The lowest BCUT2D eigenvalue weighted by molar-refractivity contribution is -0.142. The third kappa shape index (κ3) is 4.73. The predicted molar refractivity (Wildman–Crippen MR) is 72.2 cm³/mol. The number of amides is 1. The van der Waals surface area contributed by atoms with Crippen molar-refractivity contribution in [2.24, 2.45) is 5.92 Å². The Kier molecular flexibility index (Phi) is 5.90. The quantitative estimate of drug-likeness (QED) is 0.661. The number of carbonyl (C=O) groups is 2. The molecule has 1 amide bonds. The van der Waals surface area contributed by atoms with E-state index in [0.29, 0.717) is 19.4 Å². The molecule has 0 spiro atoms. The van der Waals surface area contributed by atoms with Crippen LogP contribution in [-0.4, -0.2) is 68.3 Å². The minimum absolute atomic E-state index is 0.00752. The molecule has 9 heteroatoms. The molecule has 0 aliphatic carbocycles. The van der Waals surface area contributed by atoms with Crippen LogP contribution in [0.15, 0.2) is 0 Å². The van der Waals surface area contributed by atoms with E-state index in [4.69, 9.17) is 5.11 Å². The monoisotopic (exact) mass is 307 g/mol. The molecule has 1 aliphatic rings. The number of carboxylic acid groups (broad SMARTS) is 1. The summed E-state index contributed by atoms with van der Waals surface area (Å²) in [5.74, 6) is -1.81. The summed E-state index contributed by atoms with van der Waals surface area (Å²) in [4.78, 5) is 23.6. The highest BCUT2D eigenvalue weighted by atomic mass is 32.2. The van der Waals surface area contributed by atoms with Gasteiger partial charge in [-0.2, -0.15) is 12.7 Å². The van der Waals surface area contributed by atoms with Gasteiger partial charge in [0, 0.05) is 40.2 Å². The summed E-state index contributed by atoms with van der Waals surface area (Å²) in [6.45, 7) is 0.292. The first-order chi connectivity index (χ1) is 9.24. The molecule has 1 heterocycles. The van der Waals surface area contributed by atoms with E-state index in [-0.39, 0.29) is 25.4 Å². The van der Waals surface area contributed by atoms with Crippen LogP contribution in [0, 0.1) is 5.92 Å². The van der Waals surface area contributed by atoms with Crippen LogP contribution in [-0.2, 0) is 19.8 Å². The first-order valence-electron chi connectivity index (χ1n) is 6.41. The van der Waals surface area contributed by atoms with E-state index in [2.05, 4.69) is 4.72 Å². The number of hydrogen-bond donors (Lipinski definition) is 2. The standard InChI is InChI=1S/C11H21N3O5S/c1-13(2)10(15)5-6-12-20(18,19)14-7-3-4-9(8-14)11(16)17/h9,12H,3-8H2,1-2H3,(H,16,17). The summed E-state index contributed by atoms with van der Waals surface area (Å²) < 4.78 is 27.5. The SMILES string of the molecule is CN(C)C(=O)CCNS(=O)(=O)N1CCCC(C(=O)O)C1. The third-order valence-corrected chi connectivity index (χ3v) is 4.78. The number of aliphatic carboxylic acids is 1. The second-order valence-corrected chi connectivity index (χ2v) is 6.73. The van der Waals surface area contributed by atoms with E-state index in [1.807, 2.05) is 0 Å². The molecule has 1 rings (SSSR count). The Bertz CT molecular complexity index is 463. The molecule has 0 bridgehead atoms. The zero-order valence-corrected chi connectivity index (χ0v) is 12.5. The number of rotatable bonds is 6. The van der Waals surface area contributed by atoms with E-state index < -0.39 is 22.1 Å². The van der Waals surface area contributed by atoms with Crippen LogP contribution < -0.4 is 4.72 Å². The average molecular weight is 307 g/mol. The summed E-state index contributed by atoms with van der Waals surface area (Å²) >= 11 is 0. The van der Waals surface area contributed by atoms with Crippen molar-refractivity contribution in [2.45, 2.75) is 19.3 Å². The van der Waals surface area contributed by atoms with Crippen molar-refractivity contribution >= 4 is 22.1 Å². The lowest BCUT2D eigenvalue weighted by Gasteiger charge is -2.29. The van der Waals surface area contributed by atoms with Gasteiger partial charge >= 0.3 is 5.97 Å². The van der Waals surface area contributed by atoms with Crippen molar-refractivity contribution < 1.29 is 23.1 Å². The molecule has 1 aliphatic heterocycles. The van der Waals surface area contributed by atoms with E-state index in [9.17, 15) is 18.0 Å². The fourth-order valence-corrected chi connectivity index (χ4v) is 3.25. The van der Waals surface area contributed by atoms with Gasteiger partial charge in [0.05, 0.1) is 5.92 Å². The Morgan fingerprint density at radius 2 is 2.05 bits per heavy atom. The van der Waals surface area contributed by atoms with Crippen LogP contribution in [0.3, 0.4) is 0 Å². The first-order valence-corrected chi connectivity index (χ1v) is 7.85. The van der Waals surface area contributed by atoms with Gasteiger partial charge in [-0.3, -0.25) is 9.59 Å². The highest BCUT2D eigenvalue weighted by Gasteiger charge is 2.31. The Hall–Kier alpha value is -1.19. The molecule has 8 nitrogen and oxygen atoms in total. The molecule has 0 aromatic rings. The van der Waals surface area contributed by atoms with Gasteiger partial charge in [0.15, 0.2) is 0 Å². The summed E-state index contributed by atoms with van der Waals surface area (Å²) in [6, 6.07) is 0. The van der Waals surface area contributed by atoms with E-state index >= 15 is 0 Å². The number of carbonyl (C=O) groups excluding carboxylic acids is 1. The smallest absolute Gasteiger partial charge is 0.307 e. The lowest BCUT2D eigenvalue weighted by Crippen LogP contribution is -2.48. The molecule has 0 radical (unpaired) electrons. The van der Waals surface area contributed by atoms with Crippen LogP contribution in [0.25, 0.3) is 0 Å². The molecule has 1 atom stereocenters. The van der Waals surface area contributed by atoms with Crippen molar-refractivity contribution in [2.75, 3.05) is 33.7 Å². The van der Waals surface area contributed by atoms with Crippen molar-refractivity contribution in [1.82, 2.24) is 13.9 Å². The van der Waals surface area contributed by atoms with E-state index in [0.717, 1.165) is 4.31 Å². The summed E-state index contributed by atoms with van der Waals surface area (Å²) in [6.07, 6.45) is 1.08. The number of piperidine rings is 1. The second-order valence-electron chi connectivity index (χ2n) is 4.97. The van der Waals surface area contributed by atoms with Crippen LogP contribution in [0.2, 0.25) is 0 Å². The van der Waals surface area contributed by atoms with Gasteiger partial charge in [0.1, 0.15) is 0 Å². The highest BCUT2D eigenvalue weighted by molar-refractivity contribution is 7.87. The molecule has 0 saturated carbocycles. The van der Waals surface area contributed by atoms with Gasteiger partial charge in [0.2, 0.25) is 5.91 Å². The van der Waals surface area contributed by atoms with Crippen LogP contribution in [0.4, 0.5) is 0 Å². The second kappa shape index (κ2) is 7.00. The molecule has 1 saturated heterocycles. The van der Waals surface area contributed by atoms with E-state index in [1.54, 1.807) is 14.1 Å². The Morgan fingerprint density at radius 1 is 1.40 bits per heavy atom. The zero-order chi connectivity index (χ0) is 15.3. The van der Waals surface area contributed by atoms with Crippen LogP contribution in [0.5, 0.6) is 0 Å². The van der Waals surface area contributed by atoms with Crippen molar-refractivity contribution in [1.29, 1.82) is 0 Å². The average Bonchev–Trinajstić information content (AvgIpc) is 2.38. The molecule has 20 heavy (non-hydrogen) atoms. The normalized spacial score (nSPS) is 20.6. The molecule has 1 fully saturated rings. The lowest BCUT2D eigenvalue weighted by atomic mass is 10.0. The number of carboxylic acids is 1. The molecular weight excluding hydrogens is 286 g/mol. The number of nitrogens with zero attached hydrogens (tertiary/aromatic N) is 2. The van der Waals surface area contributed by atoms with Crippen molar-refractivity contribution in [3.05, 3.63) is 0 Å². The van der Waals surface area contributed by atoms with Gasteiger partial charge < -0.3 is 10.0 Å². The van der Waals surface area contributed by atoms with Gasteiger partial charge in [-0.1, -0.05) is 0 Å². The summed E-state index contributed by atoms with van der Waals surface area (Å²) in [7, 11) is -0.530. The molecule has 2 N–H and O–H groups in total.